The number of aliphatic hydroxyl groups is 1. The third kappa shape index (κ3) is 4.51. The van der Waals surface area contributed by atoms with Crippen molar-refractivity contribution < 1.29 is 9.84 Å². The Morgan fingerprint density at radius 1 is 1.26 bits per heavy atom. The van der Waals surface area contributed by atoms with E-state index in [1.165, 1.54) is 32.1 Å². The van der Waals surface area contributed by atoms with E-state index in [1.807, 2.05) is 24.3 Å². The van der Waals surface area contributed by atoms with Crippen molar-refractivity contribution in [2.75, 3.05) is 13.2 Å². The van der Waals surface area contributed by atoms with E-state index in [0.717, 1.165) is 17.9 Å². The van der Waals surface area contributed by atoms with Crippen LogP contribution in [0, 0.1) is 5.92 Å². The van der Waals surface area contributed by atoms with Crippen LogP contribution in [0.2, 0.25) is 0 Å². The zero-order chi connectivity index (χ0) is 13.5. The number of ether oxygens (including phenoxy) is 1. The predicted molar refractivity (Wildman–Crippen MR) is 77.1 cm³/mol. The smallest absolute Gasteiger partial charge is 0.119 e. The van der Waals surface area contributed by atoms with Gasteiger partial charge < -0.3 is 15.6 Å². The van der Waals surface area contributed by atoms with Crippen LogP contribution in [0.1, 0.15) is 50.1 Å². The summed E-state index contributed by atoms with van der Waals surface area (Å²) in [5.41, 5.74) is 7.04. The molecular formula is C16H25NO2. The third-order valence-electron chi connectivity index (χ3n) is 3.94. The highest BCUT2D eigenvalue weighted by atomic mass is 16.5. The van der Waals surface area contributed by atoms with Crippen LogP contribution in [0.4, 0.5) is 0 Å². The van der Waals surface area contributed by atoms with E-state index in [1.54, 1.807) is 0 Å². The summed E-state index contributed by atoms with van der Waals surface area (Å²) in [6, 6.07) is 7.85. The molecule has 3 N–H and O–H groups in total. The number of aliphatic hydroxyl groups excluding tert-OH is 1. The molecule has 3 nitrogen and oxygen atoms in total. The van der Waals surface area contributed by atoms with Crippen molar-refractivity contribution in [3.05, 3.63) is 29.8 Å². The molecule has 1 unspecified atom stereocenters. The zero-order valence-electron chi connectivity index (χ0n) is 11.6. The van der Waals surface area contributed by atoms with Crippen LogP contribution >= 0.6 is 0 Å². The lowest BCUT2D eigenvalue weighted by Crippen LogP contribution is -2.16. The Labute approximate surface area is 115 Å². The lowest BCUT2D eigenvalue weighted by molar-refractivity contribution is 0.208. The van der Waals surface area contributed by atoms with Crippen molar-refractivity contribution in [1.29, 1.82) is 0 Å². The molecule has 0 heterocycles. The molecule has 1 atom stereocenters. The van der Waals surface area contributed by atoms with Gasteiger partial charge in [-0.1, -0.05) is 31.4 Å². The van der Waals surface area contributed by atoms with Gasteiger partial charge in [0.2, 0.25) is 0 Å². The van der Waals surface area contributed by atoms with E-state index in [9.17, 15) is 0 Å². The van der Waals surface area contributed by atoms with Crippen LogP contribution in [0.15, 0.2) is 24.3 Å². The first-order valence-corrected chi connectivity index (χ1v) is 7.39. The average molecular weight is 263 g/mol. The van der Waals surface area contributed by atoms with Gasteiger partial charge in [-0.3, -0.25) is 0 Å². The molecule has 1 aliphatic carbocycles. The summed E-state index contributed by atoms with van der Waals surface area (Å²) in [6.45, 7) is 0.938. The molecule has 0 bridgehead atoms. The molecule has 1 aromatic rings. The second-order valence-corrected chi connectivity index (χ2v) is 5.51. The van der Waals surface area contributed by atoms with Crippen molar-refractivity contribution in [2.45, 2.75) is 44.6 Å². The molecule has 1 aliphatic rings. The largest absolute Gasteiger partial charge is 0.493 e. The Morgan fingerprint density at radius 3 is 2.79 bits per heavy atom. The lowest BCUT2D eigenvalue weighted by atomic mass is 9.90. The fourth-order valence-corrected chi connectivity index (χ4v) is 2.71. The highest BCUT2D eigenvalue weighted by Crippen LogP contribution is 2.25. The number of nitrogens with two attached hydrogens (primary N) is 1. The summed E-state index contributed by atoms with van der Waals surface area (Å²) in [5.74, 6) is 1.61. The van der Waals surface area contributed by atoms with Crippen LogP contribution in [0.25, 0.3) is 0 Å². The van der Waals surface area contributed by atoms with Crippen molar-refractivity contribution >= 4 is 0 Å². The monoisotopic (exact) mass is 263 g/mol. The molecule has 0 aromatic heterocycles. The molecule has 0 aliphatic heterocycles. The molecule has 0 saturated heterocycles. The Morgan fingerprint density at radius 2 is 2.05 bits per heavy atom. The van der Waals surface area contributed by atoms with E-state index in [4.69, 9.17) is 15.6 Å². The summed E-state index contributed by atoms with van der Waals surface area (Å²) in [4.78, 5) is 0. The summed E-state index contributed by atoms with van der Waals surface area (Å²) < 4.78 is 5.90. The molecule has 0 radical (unpaired) electrons. The maximum absolute atomic E-state index is 8.93. The quantitative estimate of drug-likeness (QED) is 0.829. The zero-order valence-corrected chi connectivity index (χ0v) is 11.6. The van der Waals surface area contributed by atoms with Gasteiger partial charge in [0.15, 0.2) is 0 Å². The molecule has 106 valence electrons. The maximum Gasteiger partial charge on any atom is 0.119 e. The van der Waals surface area contributed by atoms with Crippen LogP contribution in [-0.4, -0.2) is 18.3 Å². The van der Waals surface area contributed by atoms with Gasteiger partial charge in [-0.2, -0.15) is 0 Å². The molecule has 19 heavy (non-hydrogen) atoms. The van der Waals surface area contributed by atoms with E-state index in [0.29, 0.717) is 12.3 Å². The van der Waals surface area contributed by atoms with E-state index in [-0.39, 0.29) is 12.6 Å². The van der Waals surface area contributed by atoms with Gasteiger partial charge in [-0.15, -0.1) is 0 Å². The van der Waals surface area contributed by atoms with Crippen molar-refractivity contribution in [3.8, 4) is 5.75 Å². The van der Waals surface area contributed by atoms with Crippen LogP contribution in [0.3, 0.4) is 0 Å². The molecule has 1 fully saturated rings. The fourth-order valence-electron chi connectivity index (χ4n) is 2.71. The normalized spacial score (nSPS) is 18.2. The second kappa shape index (κ2) is 7.51. The first-order valence-electron chi connectivity index (χ1n) is 7.39. The molecule has 2 rings (SSSR count). The Balaban J connectivity index is 1.87. The minimum Gasteiger partial charge on any atom is -0.493 e. The van der Waals surface area contributed by atoms with Crippen LogP contribution < -0.4 is 10.5 Å². The van der Waals surface area contributed by atoms with Gasteiger partial charge in [0, 0.05) is 12.6 Å². The maximum atomic E-state index is 8.93. The number of rotatable bonds is 6. The summed E-state index contributed by atoms with van der Waals surface area (Å²) >= 11 is 0. The van der Waals surface area contributed by atoms with Gasteiger partial charge >= 0.3 is 0 Å². The summed E-state index contributed by atoms with van der Waals surface area (Å²) in [7, 11) is 0. The number of hydrogen-bond donors (Lipinski definition) is 2. The van der Waals surface area contributed by atoms with Crippen LogP contribution in [-0.2, 0) is 0 Å². The predicted octanol–water partition coefficient (Wildman–Crippen LogP) is 3.03. The molecule has 3 heteroatoms. The highest BCUT2D eigenvalue weighted by molar-refractivity contribution is 5.30. The molecule has 1 saturated carbocycles. The Hall–Kier alpha value is -1.06. The first-order chi connectivity index (χ1) is 9.29. The first kappa shape index (κ1) is 14.4. The Kier molecular flexibility index (Phi) is 5.67. The summed E-state index contributed by atoms with van der Waals surface area (Å²) in [5, 5.41) is 8.93. The standard InChI is InChI=1S/C16H25NO2/c17-16(9-10-18)14-7-4-8-15(11-14)19-12-13-5-2-1-3-6-13/h4,7-8,11,13,16,18H,1-3,5-6,9-10,12,17H2. The van der Waals surface area contributed by atoms with Gasteiger partial charge in [-0.05, 0) is 42.9 Å². The van der Waals surface area contributed by atoms with E-state index in [2.05, 4.69) is 0 Å². The van der Waals surface area contributed by atoms with Gasteiger partial charge in [0.1, 0.15) is 5.75 Å². The molecule has 1 aromatic carbocycles. The fraction of sp³-hybridized carbons (Fsp3) is 0.625. The number of hydrogen-bond acceptors (Lipinski definition) is 3. The molecule has 0 amide bonds. The van der Waals surface area contributed by atoms with Crippen molar-refractivity contribution in [1.82, 2.24) is 0 Å². The van der Waals surface area contributed by atoms with E-state index >= 15 is 0 Å². The minimum atomic E-state index is -0.108. The lowest BCUT2D eigenvalue weighted by Gasteiger charge is -2.22. The average Bonchev–Trinajstić information content (AvgIpc) is 2.47. The molecule has 0 spiro atoms. The second-order valence-electron chi connectivity index (χ2n) is 5.51. The number of benzene rings is 1. The topological polar surface area (TPSA) is 55.5 Å². The highest BCUT2D eigenvalue weighted by Gasteiger charge is 2.14. The SMILES string of the molecule is NC(CCO)c1cccc(OCC2CCCCC2)c1. The Bertz CT molecular complexity index is 375. The summed E-state index contributed by atoms with van der Waals surface area (Å²) in [6.07, 6.45) is 7.24. The van der Waals surface area contributed by atoms with Crippen LogP contribution in [0.5, 0.6) is 5.75 Å². The van der Waals surface area contributed by atoms with Gasteiger partial charge in [0.05, 0.1) is 6.61 Å². The third-order valence-corrected chi connectivity index (χ3v) is 3.94. The van der Waals surface area contributed by atoms with Gasteiger partial charge in [-0.25, -0.2) is 0 Å². The van der Waals surface area contributed by atoms with E-state index < -0.39 is 0 Å². The van der Waals surface area contributed by atoms with Gasteiger partial charge in [0.25, 0.3) is 0 Å². The van der Waals surface area contributed by atoms with Crippen molar-refractivity contribution in [3.63, 3.8) is 0 Å². The minimum absolute atomic E-state index is 0.108. The molecular weight excluding hydrogens is 238 g/mol. The van der Waals surface area contributed by atoms with Crippen molar-refractivity contribution in [2.24, 2.45) is 11.7 Å².